The Morgan fingerprint density at radius 3 is 2.34 bits per heavy atom. The first-order valence-corrected chi connectivity index (χ1v) is 13.5. The van der Waals surface area contributed by atoms with E-state index >= 15 is 0 Å². The van der Waals surface area contributed by atoms with Crippen LogP contribution >= 0.6 is 0 Å². The maximum Gasteiger partial charge on any atom is 0.313 e. The van der Waals surface area contributed by atoms with E-state index in [9.17, 15) is 9.90 Å². The van der Waals surface area contributed by atoms with Gasteiger partial charge in [0.25, 0.3) is 0 Å². The highest BCUT2D eigenvalue weighted by Gasteiger charge is 2.63. The average Bonchev–Trinajstić information content (AvgIpc) is 2.73. The average molecular weight is 443 g/mol. The fourth-order valence-electron chi connectivity index (χ4n) is 10.2. The first-order chi connectivity index (χ1) is 15.0. The summed E-state index contributed by atoms with van der Waals surface area (Å²) in [6, 6.07) is 0. The molecule has 0 aromatic rings. The topological polar surface area (TPSA) is 46.5 Å². The van der Waals surface area contributed by atoms with Crippen LogP contribution in [0.25, 0.3) is 0 Å². The minimum atomic E-state index is -0.559. The van der Waals surface area contributed by atoms with Crippen molar-refractivity contribution in [3.63, 3.8) is 0 Å². The van der Waals surface area contributed by atoms with Crippen LogP contribution in [0.4, 0.5) is 0 Å². The maximum atomic E-state index is 12.6. The molecular weight excluding hydrogens is 396 g/mol. The maximum absolute atomic E-state index is 12.6. The van der Waals surface area contributed by atoms with Crippen molar-refractivity contribution in [2.45, 2.75) is 111 Å². The summed E-state index contributed by atoms with van der Waals surface area (Å²) in [4.78, 5) is 12.6. The zero-order valence-electron chi connectivity index (χ0n) is 21.4. The summed E-state index contributed by atoms with van der Waals surface area (Å²) in [5.41, 5.74) is 3.39. The van der Waals surface area contributed by atoms with E-state index in [0.717, 1.165) is 50.4 Å². The van der Waals surface area contributed by atoms with E-state index in [1.165, 1.54) is 37.7 Å². The molecule has 0 saturated heterocycles. The second-order valence-electron chi connectivity index (χ2n) is 13.7. The molecule has 8 atom stereocenters. The third-order valence-electron chi connectivity index (χ3n) is 12.0. The Morgan fingerprint density at radius 2 is 1.66 bits per heavy atom. The van der Waals surface area contributed by atoms with E-state index < -0.39 is 11.4 Å². The van der Waals surface area contributed by atoms with Gasteiger partial charge in [0.15, 0.2) is 0 Å². The van der Waals surface area contributed by atoms with E-state index in [-0.39, 0.29) is 5.41 Å². The molecule has 0 spiro atoms. The van der Waals surface area contributed by atoms with Gasteiger partial charge in [0.05, 0.1) is 11.5 Å². The van der Waals surface area contributed by atoms with Crippen LogP contribution in [-0.4, -0.2) is 24.3 Å². The molecule has 5 aliphatic rings. The highest BCUT2D eigenvalue weighted by atomic mass is 16.5. The summed E-state index contributed by atoms with van der Waals surface area (Å²) in [5, 5.41) is 10.4. The number of carboxylic acid groups (broad SMARTS) is 1. The SMILES string of the molecule is COC1CCC2(C)C(CCC3(C)C4CCC5(C(=O)O)CCC(C)(C)CC5=C4CCC32)C1C. The van der Waals surface area contributed by atoms with E-state index in [0.29, 0.717) is 28.8 Å². The summed E-state index contributed by atoms with van der Waals surface area (Å²) < 4.78 is 5.89. The van der Waals surface area contributed by atoms with E-state index in [1.54, 1.807) is 5.57 Å². The summed E-state index contributed by atoms with van der Waals surface area (Å²) in [5.74, 6) is 2.24. The number of rotatable bonds is 2. The van der Waals surface area contributed by atoms with Gasteiger partial charge in [0.2, 0.25) is 0 Å². The van der Waals surface area contributed by atoms with Crippen LogP contribution in [0.15, 0.2) is 11.1 Å². The third kappa shape index (κ3) is 2.98. The molecule has 0 aromatic carbocycles. The Kier molecular flexibility index (Phi) is 5.26. The minimum Gasteiger partial charge on any atom is -0.481 e. The van der Waals surface area contributed by atoms with Crippen LogP contribution in [0.3, 0.4) is 0 Å². The fourth-order valence-corrected chi connectivity index (χ4v) is 10.2. The van der Waals surface area contributed by atoms with Gasteiger partial charge in [-0.2, -0.15) is 0 Å². The molecule has 5 aliphatic carbocycles. The van der Waals surface area contributed by atoms with Crippen LogP contribution in [0.1, 0.15) is 105 Å². The summed E-state index contributed by atoms with van der Waals surface area (Å²) in [7, 11) is 1.90. The smallest absolute Gasteiger partial charge is 0.313 e. The molecule has 4 fully saturated rings. The Labute approximate surface area is 195 Å². The number of aliphatic carboxylic acids is 1. The van der Waals surface area contributed by atoms with Gasteiger partial charge in [0, 0.05) is 7.11 Å². The van der Waals surface area contributed by atoms with Gasteiger partial charge in [-0.25, -0.2) is 0 Å². The largest absolute Gasteiger partial charge is 0.481 e. The number of methoxy groups -OCH3 is 1. The number of hydrogen-bond acceptors (Lipinski definition) is 2. The second kappa shape index (κ2) is 7.33. The first kappa shape index (κ1) is 22.9. The highest BCUT2D eigenvalue weighted by molar-refractivity contribution is 5.80. The molecule has 0 bridgehead atoms. The van der Waals surface area contributed by atoms with Gasteiger partial charge in [-0.15, -0.1) is 0 Å². The standard InChI is InChI=1S/C29H46O3/c1-18-20-9-12-28(5)21-10-14-29(25(30)31)16-15-26(2,3)17-22(29)19(21)7-8-24(28)27(20,4)13-11-23(18)32-6/h18,20-21,23-24H,7-17H2,1-6H3,(H,30,31). The lowest BCUT2D eigenvalue weighted by Crippen LogP contribution is -2.59. The van der Waals surface area contributed by atoms with Gasteiger partial charge in [-0.3, -0.25) is 4.79 Å². The predicted molar refractivity (Wildman–Crippen MR) is 128 cm³/mol. The normalized spacial score (nSPS) is 50.0. The van der Waals surface area contributed by atoms with E-state index in [4.69, 9.17) is 4.74 Å². The van der Waals surface area contributed by atoms with Gasteiger partial charge >= 0.3 is 5.97 Å². The zero-order valence-corrected chi connectivity index (χ0v) is 21.4. The molecule has 0 aromatic heterocycles. The summed E-state index contributed by atoms with van der Waals surface area (Å²) in [6.07, 6.45) is 12.8. The monoisotopic (exact) mass is 442 g/mol. The molecule has 1 N–H and O–H groups in total. The van der Waals surface area contributed by atoms with Crippen molar-refractivity contribution in [3.05, 3.63) is 11.1 Å². The molecule has 180 valence electrons. The summed E-state index contributed by atoms with van der Waals surface area (Å²) in [6.45, 7) is 12.4. The molecule has 0 heterocycles. The Bertz CT molecular complexity index is 826. The van der Waals surface area contributed by atoms with Gasteiger partial charge < -0.3 is 9.84 Å². The summed E-state index contributed by atoms with van der Waals surface area (Å²) >= 11 is 0. The molecule has 0 amide bonds. The molecule has 4 saturated carbocycles. The number of allylic oxidation sites excluding steroid dienone is 1. The number of ether oxygens (including phenoxy) is 1. The van der Waals surface area contributed by atoms with E-state index in [1.807, 2.05) is 7.11 Å². The van der Waals surface area contributed by atoms with E-state index in [2.05, 4.69) is 34.6 Å². The predicted octanol–water partition coefficient (Wildman–Crippen LogP) is 7.25. The van der Waals surface area contributed by atoms with Crippen LogP contribution in [0.2, 0.25) is 0 Å². The van der Waals surface area contributed by atoms with Crippen molar-refractivity contribution in [3.8, 4) is 0 Å². The first-order valence-electron chi connectivity index (χ1n) is 13.5. The fraction of sp³-hybridized carbons (Fsp3) is 0.897. The quantitative estimate of drug-likeness (QED) is 0.458. The molecule has 5 rings (SSSR count). The molecular formula is C29H46O3. The molecule has 32 heavy (non-hydrogen) atoms. The lowest BCUT2D eigenvalue weighted by molar-refractivity contribution is -0.166. The molecule has 3 nitrogen and oxygen atoms in total. The Morgan fingerprint density at radius 1 is 0.938 bits per heavy atom. The van der Waals surface area contributed by atoms with Crippen molar-refractivity contribution in [1.29, 1.82) is 0 Å². The van der Waals surface area contributed by atoms with Gasteiger partial charge in [-0.05, 0) is 111 Å². The zero-order chi connectivity index (χ0) is 23.1. The van der Waals surface area contributed by atoms with Crippen LogP contribution in [-0.2, 0) is 9.53 Å². The second-order valence-corrected chi connectivity index (χ2v) is 13.7. The van der Waals surface area contributed by atoms with Crippen LogP contribution in [0, 0.1) is 45.3 Å². The lowest BCUT2D eigenvalue weighted by atomic mass is 9.39. The molecule has 0 radical (unpaired) electrons. The number of carbonyl (C=O) groups is 1. The van der Waals surface area contributed by atoms with Crippen LogP contribution in [0.5, 0.6) is 0 Å². The minimum absolute atomic E-state index is 0.235. The molecule has 8 unspecified atom stereocenters. The number of hydrogen-bond donors (Lipinski definition) is 1. The van der Waals surface area contributed by atoms with Gasteiger partial charge in [-0.1, -0.05) is 45.8 Å². The van der Waals surface area contributed by atoms with Crippen molar-refractivity contribution in [1.82, 2.24) is 0 Å². The number of carboxylic acids is 1. The third-order valence-corrected chi connectivity index (χ3v) is 12.0. The Balaban J connectivity index is 1.54. The van der Waals surface area contributed by atoms with Crippen LogP contribution < -0.4 is 0 Å². The molecule has 3 heteroatoms. The van der Waals surface area contributed by atoms with Crippen molar-refractivity contribution in [2.24, 2.45) is 45.3 Å². The lowest BCUT2D eigenvalue weighted by Gasteiger charge is -2.66. The molecule has 0 aliphatic heterocycles. The number of fused-ring (bicyclic) bond motifs is 6. The highest BCUT2D eigenvalue weighted by Crippen LogP contribution is 2.70. The Hall–Kier alpha value is -0.830. The van der Waals surface area contributed by atoms with Gasteiger partial charge in [0.1, 0.15) is 0 Å². The van der Waals surface area contributed by atoms with Crippen molar-refractivity contribution >= 4 is 5.97 Å². The van der Waals surface area contributed by atoms with Crippen molar-refractivity contribution < 1.29 is 14.6 Å². The van der Waals surface area contributed by atoms with Crippen molar-refractivity contribution in [2.75, 3.05) is 7.11 Å².